The molecule has 1 rings (SSSR count). The van der Waals surface area contributed by atoms with Gasteiger partial charge in [0.2, 0.25) is 15.9 Å². The van der Waals surface area contributed by atoms with E-state index in [9.17, 15) is 13.2 Å². The number of carbonyl (C=O) groups is 1. The summed E-state index contributed by atoms with van der Waals surface area (Å²) in [7, 11) is -1.98. The zero-order valence-electron chi connectivity index (χ0n) is 13.0. The van der Waals surface area contributed by atoms with E-state index in [2.05, 4.69) is 5.32 Å². The first-order chi connectivity index (χ1) is 9.55. The highest BCUT2D eigenvalue weighted by Gasteiger charge is 2.31. The average molecular weight is 314 g/mol. The lowest BCUT2D eigenvalue weighted by Gasteiger charge is -2.32. The number of amides is 1. The fraction of sp³-hybridized carbons (Fsp3) is 0.500. The molecule has 21 heavy (non-hydrogen) atoms. The average Bonchev–Trinajstić information content (AvgIpc) is 2.34. The zero-order valence-corrected chi connectivity index (χ0v) is 13.8. The molecule has 1 aromatic carbocycles. The Morgan fingerprint density at radius 2 is 1.86 bits per heavy atom. The Morgan fingerprint density at radius 3 is 2.33 bits per heavy atom. The summed E-state index contributed by atoms with van der Waals surface area (Å²) in [6.45, 7) is 4.97. The Morgan fingerprint density at radius 1 is 1.29 bits per heavy atom. The predicted octanol–water partition coefficient (Wildman–Crippen LogP) is 1.69. The molecule has 1 amide bonds. The second kappa shape index (κ2) is 6.44. The van der Waals surface area contributed by atoms with Crippen molar-refractivity contribution in [2.75, 3.05) is 25.2 Å². The van der Waals surface area contributed by atoms with Gasteiger partial charge in [-0.1, -0.05) is 12.1 Å². The summed E-state index contributed by atoms with van der Waals surface area (Å²) in [5.41, 5.74) is -0.168. The van der Waals surface area contributed by atoms with Gasteiger partial charge < -0.3 is 10.1 Å². The van der Waals surface area contributed by atoms with Crippen LogP contribution in [0.25, 0.3) is 0 Å². The molecule has 0 aliphatic rings. The number of hydrogen-bond donors (Lipinski definition) is 1. The minimum absolute atomic E-state index is 0.250. The molecular formula is C14H22N2O4S. The number of nitrogens with one attached hydrogen (secondary N) is 1. The number of carbonyl (C=O) groups excluding carboxylic acids is 1. The Hall–Kier alpha value is -1.60. The summed E-state index contributed by atoms with van der Waals surface area (Å²) >= 11 is 0. The van der Waals surface area contributed by atoms with Crippen molar-refractivity contribution < 1.29 is 17.9 Å². The molecule has 1 aromatic rings. The number of nitrogens with zero attached hydrogens (tertiary/aromatic N) is 1. The van der Waals surface area contributed by atoms with Gasteiger partial charge in [-0.3, -0.25) is 4.79 Å². The van der Waals surface area contributed by atoms with Crippen LogP contribution in [0.1, 0.15) is 20.8 Å². The topological polar surface area (TPSA) is 75.7 Å². The summed E-state index contributed by atoms with van der Waals surface area (Å²) in [6, 6.07) is 6.95. The number of methoxy groups -OCH3 is 1. The molecule has 0 aliphatic heterocycles. The SMILES string of the molecule is COc1ccccc1NC(=O)CN(C(C)(C)C)S(C)(=O)=O. The fourth-order valence-electron chi connectivity index (χ4n) is 1.92. The molecule has 0 radical (unpaired) electrons. The Balaban J connectivity index is 2.90. The van der Waals surface area contributed by atoms with Gasteiger partial charge in [-0.25, -0.2) is 8.42 Å². The molecule has 1 N–H and O–H groups in total. The molecule has 0 saturated heterocycles. The summed E-state index contributed by atoms with van der Waals surface area (Å²) in [5, 5.41) is 2.67. The number of para-hydroxylation sites is 2. The first kappa shape index (κ1) is 17.5. The first-order valence-corrected chi connectivity index (χ1v) is 8.31. The van der Waals surface area contributed by atoms with E-state index in [1.165, 1.54) is 7.11 Å². The third kappa shape index (κ3) is 5.02. The second-order valence-electron chi connectivity index (χ2n) is 5.69. The smallest absolute Gasteiger partial charge is 0.239 e. The van der Waals surface area contributed by atoms with Crippen molar-refractivity contribution in [2.24, 2.45) is 0 Å². The van der Waals surface area contributed by atoms with Gasteiger partial charge >= 0.3 is 0 Å². The Labute approximate surface area is 126 Å². The normalized spacial score (nSPS) is 12.3. The number of anilines is 1. The van der Waals surface area contributed by atoms with Crippen LogP contribution in [-0.4, -0.2) is 44.1 Å². The number of sulfonamides is 1. The minimum atomic E-state index is -3.48. The maximum Gasteiger partial charge on any atom is 0.239 e. The zero-order chi connectivity index (χ0) is 16.3. The van der Waals surface area contributed by atoms with Gasteiger partial charge in [-0.15, -0.1) is 0 Å². The van der Waals surface area contributed by atoms with Gasteiger partial charge in [0.1, 0.15) is 5.75 Å². The minimum Gasteiger partial charge on any atom is -0.495 e. The first-order valence-electron chi connectivity index (χ1n) is 6.46. The predicted molar refractivity (Wildman–Crippen MR) is 82.9 cm³/mol. The highest BCUT2D eigenvalue weighted by atomic mass is 32.2. The fourth-order valence-corrected chi connectivity index (χ4v) is 3.27. The van der Waals surface area contributed by atoms with Gasteiger partial charge in [0.05, 0.1) is 25.6 Å². The number of rotatable bonds is 5. The largest absolute Gasteiger partial charge is 0.495 e. The third-order valence-corrected chi connectivity index (χ3v) is 4.29. The van der Waals surface area contributed by atoms with Crippen molar-refractivity contribution in [3.63, 3.8) is 0 Å². The number of hydrogen-bond acceptors (Lipinski definition) is 4. The lowest BCUT2D eigenvalue weighted by atomic mass is 10.1. The summed E-state index contributed by atoms with van der Waals surface area (Å²) in [6.07, 6.45) is 1.09. The molecule has 0 spiro atoms. The van der Waals surface area contributed by atoms with Crippen LogP contribution in [0.15, 0.2) is 24.3 Å². The number of benzene rings is 1. The lowest BCUT2D eigenvalue weighted by molar-refractivity contribution is -0.117. The molecule has 0 aliphatic carbocycles. The van der Waals surface area contributed by atoms with E-state index in [-0.39, 0.29) is 6.54 Å². The van der Waals surface area contributed by atoms with Crippen molar-refractivity contribution in [1.29, 1.82) is 0 Å². The molecule has 0 atom stereocenters. The van der Waals surface area contributed by atoms with E-state index in [1.54, 1.807) is 45.0 Å². The molecule has 0 saturated carbocycles. The summed E-state index contributed by atoms with van der Waals surface area (Å²) in [5.74, 6) is 0.104. The van der Waals surface area contributed by atoms with Gasteiger partial charge in [0, 0.05) is 5.54 Å². The van der Waals surface area contributed by atoms with Crippen molar-refractivity contribution in [3.05, 3.63) is 24.3 Å². The van der Waals surface area contributed by atoms with Crippen LogP contribution in [0.4, 0.5) is 5.69 Å². The highest BCUT2D eigenvalue weighted by Crippen LogP contribution is 2.23. The Kier molecular flexibility index (Phi) is 5.36. The van der Waals surface area contributed by atoms with Crippen molar-refractivity contribution >= 4 is 21.6 Å². The van der Waals surface area contributed by atoms with Crippen LogP contribution in [0.2, 0.25) is 0 Å². The van der Waals surface area contributed by atoms with Crippen LogP contribution in [0, 0.1) is 0 Å². The van der Waals surface area contributed by atoms with Crippen LogP contribution in [0.5, 0.6) is 5.75 Å². The molecule has 0 unspecified atom stereocenters. The molecule has 0 fully saturated rings. The van der Waals surface area contributed by atoms with Crippen LogP contribution in [0.3, 0.4) is 0 Å². The lowest BCUT2D eigenvalue weighted by Crippen LogP contribution is -2.48. The summed E-state index contributed by atoms with van der Waals surface area (Å²) in [4.78, 5) is 12.1. The van der Waals surface area contributed by atoms with Crippen LogP contribution < -0.4 is 10.1 Å². The van der Waals surface area contributed by atoms with E-state index < -0.39 is 21.5 Å². The van der Waals surface area contributed by atoms with E-state index >= 15 is 0 Å². The van der Waals surface area contributed by atoms with Crippen LogP contribution >= 0.6 is 0 Å². The van der Waals surface area contributed by atoms with E-state index in [0.29, 0.717) is 11.4 Å². The monoisotopic (exact) mass is 314 g/mol. The highest BCUT2D eigenvalue weighted by molar-refractivity contribution is 7.88. The molecule has 7 heteroatoms. The van der Waals surface area contributed by atoms with E-state index in [0.717, 1.165) is 10.6 Å². The van der Waals surface area contributed by atoms with Crippen molar-refractivity contribution in [2.45, 2.75) is 26.3 Å². The Bertz CT molecular complexity index is 606. The standard InChI is InChI=1S/C14H22N2O4S/c1-14(2,3)16(21(5,18)19)10-13(17)15-11-8-6-7-9-12(11)20-4/h6-9H,10H2,1-5H3,(H,15,17). The van der Waals surface area contributed by atoms with Crippen molar-refractivity contribution in [3.8, 4) is 5.75 Å². The maximum atomic E-state index is 12.1. The second-order valence-corrected chi connectivity index (χ2v) is 7.60. The number of ether oxygens (including phenoxy) is 1. The molecule has 0 aromatic heterocycles. The quantitative estimate of drug-likeness (QED) is 0.897. The molecular weight excluding hydrogens is 292 g/mol. The van der Waals surface area contributed by atoms with Gasteiger partial charge in [0.25, 0.3) is 0 Å². The van der Waals surface area contributed by atoms with Gasteiger partial charge in [0.15, 0.2) is 0 Å². The van der Waals surface area contributed by atoms with Gasteiger partial charge in [-0.05, 0) is 32.9 Å². The third-order valence-electron chi connectivity index (χ3n) is 2.82. The molecule has 0 bridgehead atoms. The molecule has 118 valence electrons. The maximum absolute atomic E-state index is 12.1. The van der Waals surface area contributed by atoms with Gasteiger partial charge in [-0.2, -0.15) is 4.31 Å². The van der Waals surface area contributed by atoms with E-state index in [4.69, 9.17) is 4.74 Å². The van der Waals surface area contributed by atoms with Crippen LogP contribution in [-0.2, 0) is 14.8 Å². The van der Waals surface area contributed by atoms with Crippen molar-refractivity contribution in [1.82, 2.24) is 4.31 Å². The summed E-state index contributed by atoms with van der Waals surface area (Å²) < 4.78 is 29.9. The molecule has 6 nitrogen and oxygen atoms in total. The molecule has 0 heterocycles. The van der Waals surface area contributed by atoms with E-state index in [1.807, 2.05) is 0 Å².